The Morgan fingerprint density at radius 1 is 1.28 bits per heavy atom. The number of hydrogen-bond donors (Lipinski definition) is 1. The molecule has 3 aliphatic carbocycles. The van der Waals surface area contributed by atoms with Crippen molar-refractivity contribution in [2.45, 2.75) is 67.9 Å². The molecule has 36 heavy (non-hydrogen) atoms. The van der Waals surface area contributed by atoms with Crippen LogP contribution in [0.1, 0.15) is 60.6 Å². The molecule has 0 radical (unpaired) electrons. The lowest BCUT2D eigenvalue weighted by molar-refractivity contribution is -0.0235. The summed E-state index contributed by atoms with van der Waals surface area (Å²) < 4.78 is 41.6. The van der Waals surface area contributed by atoms with E-state index in [0.29, 0.717) is 31.6 Å². The number of fused-ring (bicyclic) bond motifs is 2. The predicted octanol–water partition coefficient (Wildman–Crippen LogP) is 3.13. The number of nitrogens with one attached hydrogen (secondary N) is 1. The van der Waals surface area contributed by atoms with Crippen molar-refractivity contribution in [3.05, 3.63) is 52.3 Å². The number of rotatable bonds is 7. The number of ether oxygens (including phenoxy) is 2. The molecule has 2 saturated heterocycles. The van der Waals surface area contributed by atoms with Crippen molar-refractivity contribution < 1.29 is 23.0 Å². The first-order valence-electron chi connectivity index (χ1n) is 12.3. The maximum atomic E-state index is 13.5. The molecule has 2 atom stereocenters. The molecule has 5 heterocycles. The Labute approximate surface area is 204 Å². The minimum Gasteiger partial charge on any atom is -0.474 e. The lowest BCUT2D eigenvalue weighted by Gasteiger charge is -2.41. The number of hydrogen-bond acceptors (Lipinski definition) is 6. The van der Waals surface area contributed by atoms with E-state index in [2.05, 4.69) is 15.3 Å². The van der Waals surface area contributed by atoms with Gasteiger partial charge in [0.1, 0.15) is 30.2 Å². The van der Waals surface area contributed by atoms with Crippen LogP contribution >= 0.6 is 0 Å². The van der Waals surface area contributed by atoms with Gasteiger partial charge in [-0.1, -0.05) is 0 Å². The van der Waals surface area contributed by atoms with E-state index in [4.69, 9.17) is 9.47 Å². The van der Waals surface area contributed by atoms with Crippen molar-refractivity contribution >= 4 is 17.4 Å². The number of anilines is 1. The van der Waals surface area contributed by atoms with Crippen LogP contribution in [0.15, 0.2) is 35.5 Å². The third-order valence-electron chi connectivity index (χ3n) is 8.01. The van der Waals surface area contributed by atoms with E-state index in [9.17, 15) is 18.4 Å². The SMILES string of the molecule is O=C(Nc1cccn(C2CC2F)c1=O)c1cn2cc([C@]34CO[C@](CF)(C3)C4)nc2nc1OC1CCC1. The van der Waals surface area contributed by atoms with Crippen LogP contribution in [-0.4, -0.2) is 56.0 Å². The summed E-state index contributed by atoms with van der Waals surface area (Å²) in [7, 11) is 0. The van der Waals surface area contributed by atoms with Gasteiger partial charge in [-0.3, -0.25) is 14.0 Å². The first-order chi connectivity index (χ1) is 17.4. The first-order valence-corrected chi connectivity index (χ1v) is 12.3. The smallest absolute Gasteiger partial charge is 0.274 e. The molecule has 3 saturated carbocycles. The van der Waals surface area contributed by atoms with E-state index in [1.807, 2.05) is 0 Å². The highest BCUT2D eigenvalue weighted by Gasteiger charge is 2.64. The molecule has 3 aromatic rings. The van der Waals surface area contributed by atoms with E-state index in [-0.39, 0.29) is 28.6 Å². The zero-order valence-corrected chi connectivity index (χ0v) is 19.5. The largest absolute Gasteiger partial charge is 0.474 e. The molecule has 8 rings (SSSR count). The fourth-order valence-electron chi connectivity index (χ4n) is 5.62. The molecule has 5 fully saturated rings. The van der Waals surface area contributed by atoms with Crippen molar-refractivity contribution in [2.75, 3.05) is 18.6 Å². The Bertz CT molecular complexity index is 1440. The van der Waals surface area contributed by atoms with Gasteiger partial charge in [0.05, 0.1) is 23.9 Å². The Balaban J connectivity index is 1.22. The Kier molecular flexibility index (Phi) is 4.61. The zero-order chi connectivity index (χ0) is 24.7. The van der Waals surface area contributed by atoms with Crippen molar-refractivity contribution in [3.8, 4) is 5.88 Å². The van der Waals surface area contributed by atoms with Gasteiger partial charge >= 0.3 is 0 Å². The summed E-state index contributed by atoms with van der Waals surface area (Å²) in [5.41, 5.74) is -0.532. The number of aromatic nitrogens is 4. The molecule has 9 nitrogen and oxygen atoms in total. The minimum absolute atomic E-state index is 0.0372. The van der Waals surface area contributed by atoms with Crippen LogP contribution in [0, 0.1) is 0 Å². The Hall–Kier alpha value is -3.34. The second kappa shape index (κ2) is 7.58. The molecular formula is C25H25F2N5O4. The van der Waals surface area contributed by atoms with Gasteiger partial charge in [-0.15, -0.1) is 0 Å². The minimum atomic E-state index is -1.05. The maximum Gasteiger partial charge on any atom is 0.274 e. The van der Waals surface area contributed by atoms with Gasteiger partial charge in [0.25, 0.3) is 11.5 Å². The lowest BCUT2D eigenvalue weighted by Crippen LogP contribution is -2.48. The topological polar surface area (TPSA) is 99.8 Å². The molecule has 1 N–H and O–H groups in total. The van der Waals surface area contributed by atoms with Crippen LogP contribution < -0.4 is 15.6 Å². The van der Waals surface area contributed by atoms with Gasteiger partial charge in [0.2, 0.25) is 11.7 Å². The number of nitrogens with zero attached hydrogens (tertiary/aromatic N) is 4. The van der Waals surface area contributed by atoms with Gasteiger partial charge in [-0.25, -0.2) is 13.8 Å². The van der Waals surface area contributed by atoms with Crippen molar-refractivity contribution in [3.63, 3.8) is 0 Å². The zero-order valence-electron chi connectivity index (χ0n) is 19.5. The third kappa shape index (κ3) is 3.28. The summed E-state index contributed by atoms with van der Waals surface area (Å²) in [4.78, 5) is 35.4. The number of carbonyl (C=O) groups excluding carboxylic acids is 1. The van der Waals surface area contributed by atoms with E-state index >= 15 is 0 Å². The molecule has 2 unspecified atom stereocenters. The Morgan fingerprint density at radius 3 is 2.75 bits per heavy atom. The normalized spacial score (nSPS) is 30.6. The summed E-state index contributed by atoms with van der Waals surface area (Å²) in [6.07, 6.45) is 8.04. The number of carbonyl (C=O) groups is 1. The van der Waals surface area contributed by atoms with Crippen molar-refractivity contribution in [1.82, 2.24) is 18.9 Å². The second-order valence-corrected chi connectivity index (χ2v) is 10.6. The van der Waals surface area contributed by atoms with Crippen molar-refractivity contribution in [1.29, 1.82) is 0 Å². The average molecular weight is 498 g/mol. The quantitative estimate of drug-likeness (QED) is 0.539. The molecule has 11 heteroatoms. The number of alkyl halides is 2. The molecule has 5 aliphatic rings. The maximum absolute atomic E-state index is 13.5. The lowest BCUT2D eigenvalue weighted by atomic mass is 9.61. The van der Waals surface area contributed by atoms with Gasteiger partial charge in [0, 0.05) is 30.4 Å². The van der Waals surface area contributed by atoms with E-state index in [1.54, 1.807) is 22.9 Å². The molecular weight excluding hydrogens is 472 g/mol. The Morgan fingerprint density at radius 2 is 2.08 bits per heavy atom. The van der Waals surface area contributed by atoms with E-state index in [0.717, 1.165) is 25.0 Å². The summed E-state index contributed by atoms with van der Waals surface area (Å²) in [5, 5.41) is 2.66. The molecule has 0 spiro atoms. The van der Waals surface area contributed by atoms with Crippen LogP contribution in [0.25, 0.3) is 5.78 Å². The number of pyridine rings is 1. The van der Waals surface area contributed by atoms with Crippen LogP contribution in [0.2, 0.25) is 0 Å². The molecule has 188 valence electrons. The third-order valence-corrected chi connectivity index (χ3v) is 8.01. The standard InChI is InChI=1S/C25H25F2N5O4/c26-12-25-10-24(11-25,13-35-25)19-9-31-8-15(21(30-23(31)29-19)36-14-3-1-4-14)20(33)28-17-5-2-6-32(22(17)34)18-7-16(18)27/h2,5-6,8-9,14,16,18H,1,3-4,7,10-13H2,(H,28,33)/t16?,18?,24-,25-. The molecule has 2 aliphatic heterocycles. The number of amides is 1. The van der Waals surface area contributed by atoms with Crippen LogP contribution in [0.5, 0.6) is 5.88 Å². The molecule has 2 bridgehead atoms. The number of imidazole rings is 1. The van der Waals surface area contributed by atoms with Gasteiger partial charge in [0.15, 0.2) is 0 Å². The molecule has 0 aromatic carbocycles. The molecule has 1 amide bonds. The number of halogens is 2. The molecule has 3 aromatic heterocycles. The van der Waals surface area contributed by atoms with E-state index < -0.39 is 36.0 Å². The van der Waals surface area contributed by atoms with E-state index in [1.165, 1.54) is 16.8 Å². The van der Waals surface area contributed by atoms with Crippen molar-refractivity contribution in [2.24, 2.45) is 0 Å². The van der Waals surface area contributed by atoms with Crippen LogP contribution in [-0.2, 0) is 10.2 Å². The van der Waals surface area contributed by atoms with Crippen LogP contribution in [0.4, 0.5) is 14.5 Å². The highest BCUT2D eigenvalue weighted by atomic mass is 19.1. The second-order valence-electron chi connectivity index (χ2n) is 10.6. The summed E-state index contributed by atoms with van der Waals surface area (Å²) in [6, 6.07) is 2.61. The highest BCUT2D eigenvalue weighted by molar-refractivity contribution is 6.05. The monoisotopic (exact) mass is 497 g/mol. The van der Waals surface area contributed by atoms with Crippen LogP contribution in [0.3, 0.4) is 0 Å². The van der Waals surface area contributed by atoms with Gasteiger partial charge < -0.3 is 19.4 Å². The summed E-state index contributed by atoms with van der Waals surface area (Å²) in [5.74, 6) is -0.0328. The fraction of sp³-hybridized carbons (Fsp3) is 0.520. The average Bonchev–Trinajstić information content (AvgIpc) is 3.17. The van der Waals surface area contributed by atoms with Gasteiger partial charge in [-0.2, -0.15) is 4.98 Å². The predicted molar refractivity (Wildman–Crippen MR) is 124 cm³/mol. The fourth-order valence-corrected chi connectivity index (χ4v) is 5.62. The first kappa shape index (κ1) is 21.9. The van der Waals surface area contributed by atoms with Gasteiger partial charge in [-0.05, 0) is 44.2 Å². The highest BCUT2D eigenvalue weighted by Crippen LogP contribution is 2.58. The summed E-state index contributed by atoms with van der Waals surface area (Å²) in [6.45, 7) is -0.113. The summed E-state index contributed by atoms with van der Waals surface area (Å²) >= 11 is 0.